The van der Waals surface area contributed by atoms with Crippen molar-refractivity contribution in [3.8, 4) is 0 Å². The number of hydrogen-bond acceptors (Lipinski definition) is 4. The Morgan fingerprint density at radius 2 is 2.24 bits per heavy atom. The Kier molecular flexibility index (Phi) is 5.77. The molecule has 0 saturated carbocycles. The number of thioether (sulfide) groups is 1. The molecule has 0 amide bonds. The van der Waals surface area contributed by atoms with E-state index in [9.17, 15) is 4.79 Å². The van der Waals surface area contributed by atoms with Gasteiger partial charge in [0, 0.05) is 18.3 Å². The first kappa shape index (κ1) is 14.3. The van der Waals surface area contributed by atoms with E-state index in [1.54, 1.807) is 23.4 Å². The summed E-state index contributed by atoms with van der Waals surface area (Å²) in [5.41, 5.74) is -0.154. The maximum Gasteiger partial charge on any atom is 0.343 e. The van der Waals surface area contributed by atoms with Gasteiger partial charge in [-0.2, -0.15) is 0 Å². The summed E-state index contributed by atoms with van der Waals surface area (Å²) in [7, 11) is 3.74. The van der Waals surface area contributed by atoms with E-state index in [1.807, 2.05) is 7.05 Å². The molecule has 0 radical (unpaired) electrons. The number of aromatic nitrogens is 3. The zero-order valence-corrected chi connectivity index (χ0v) is 11.8. The van der Waals surface area contributed by atoms with Gasteiger partial charge in [-0.25, -0.2) is 9.89 Å². The number of nitrogens with one attached hydrogen (secondary N) is 2. The number of rotatable bonds is 7. The van der Waals surface area contributed by atoms with Gasteiger partial charge < -0.3 is 5.32 Å². The normalized spacial score (nSPS) is 14.8. The maximum atomic E-state index is 11.3. The van der Waals surface area contributed by atoms with Gasteiger partial charge in [0.25, 0.3) is 0 Å². The monoisotopic (exact) mass is 258 g/mol. The van der Waals surface area contributed by atoms with Crippen molar-refractivity contribution >= 4 is 11.8 Å². The van der Waals surface area contributed by atoms with E-state index in [-0.39, 0.29) is 5.69 Å². The topological polar surface area (TPSA) is 62.7 Å². The lowest BCUT2D eigenvalue weighted by Crippen LogP contribution is -2.35. The fourth-order valence-corrected chi connectivity index (χ4v) is 3.06. The van der Waals surface area contributed by atoms with Crippen molar-refractivity contribution in [2.45, 2.75) is 49.6 Å². The van der Waals surface area contributed by atoms with Gasteiger partial charge in [0.2, 0.25) is 0 Å². The summed E-state index contributed by atoms with van der Waals surface area (Å²) >= 11 is 1.67. The average Bonchev–Trinajstić information content (AvgIpc) is 2.65. The van der Waals surface area contributed by atoms with Crippen LogP contribution in [0.3, 0.4) is 0 Å². The standard InChI is InChI=1S/C11H22N4OS/c1-5-7-8(12-3)9(6-2)17-11-14-13-10(16)15(11)4/h8-9,12H,5-7H2,1-4H3,(H,13,16). The van der Waals surface area contributed by atoms with Crippen LogP contribution in [0.2, 0.25) is 0 Å². The highest BCUT2D eigenvalue weighted by atomic mass is 32.2. The van der Waals surface area contributed by atoms with E-state index in [0.29, 0.717) is 11.3 Å². The third-order valence-electron chi connectivity index (χ3n) is 2.92. The average molecular weight is 258 g/mol. The molecule has 17 heavy (non-hydrogen) atoms. The van der Waals surface area contributed by atoms with Gasteiger partial charge in [0.05, 0.1) is 0 Å². The molecule has 1 heterocycles. The summed E-state index contributed by atoms with van der Waals surface area (Å²) in [6.07, 6.45) is 3.35. The molecule has 0 aliphatic carbocycles. The molecule has 2 N–H and O–H groups in total. The van der Waals surface area contributed by atoms with Crippen molar-refractivity contribution in [3.05, 3.63) is 10.5 Å². The summed E-state index contributed by atoms with van der Waals surface area (Å²) in [5.74, 6) is 0. The van der Waals surface area contributed by atoms with Crippen molar-refractivity contribution in [2.24, 2.45) is 7.05 Å². The fourth-order valence-electron chi connectivity index (χ4n) is 1.85. The minimum atomic E-state index is -0.154. The Morgan fingerprint density at radius 1 is 1.53 bits per heavy atom. The fraction of sp³-hybridized carbons (Fsp3) is 0.818. The van der Waals surface area contributed by atoms with Crippen LogP contribution in [0.5, 0.6) is 0 Å². The molecular formula is C11H22N4OS. The lowest BCUT2D eigenvalue weighted by Gasteiger charge is -2.24. The van der Waals surface area contributed by atoms with Crippen LogP contribution in [0.1, 0.15) is 33.1 Å². The summed E-state index contributed by atoms with van der Waals surface area (Å²) in [4.78, 5) is 11.3. The Morgan fingerprint density at radius 3 is 2.65 bits per heavy atom. The van der Waals surface area contributed by atoms with Crippen LogP contribution in [0.4, 0.5) is 0 Å². The van der Waals surface area contributed by atoms with Crippen LogP contribution in [-0.2, 0) is 7.05 Å². The SMILES string of the molecule is CCCC(NC)C(CC)Sc1n[nH]c(=O)n1C. The van der Waals surface area contributed by atoms with E-state index in [2.05, 4.69) is 29.4 Å². The number of aromatic amines is 1. The number of H-pyrrole nitrogens is 1. The predicted molar refractivity (Wildman–Crippen MR) is 71.5 cm³/mol. The molecule has 0 saturated heterocycles. The predicted octanol–water partition coefficient (Wildman–Crippen LogP) is 1.37. The third kappa shape index (κ3) is 3.61. The molecule has 2 unspecified atom stereocenters. The zero-order valence-electron chi connectivity index (χ0n) is 11.0. The second-order valence-electron chi connectivity index (χ2n) is 4.12. The molecule has 1 aromatic rings. The van der Waals surface area contributed by atoms with Gasteiger partial charge in [0.1, 0.15) is 0 Å². The van der Waals surface area contributed by atoms with Crippen LogP contribution in [0, 0.1) is 0 Å². The molecule has 0 aliphatic rings. The first-order valence-corrected chi connectivity index (χ1v) is 6.97. The van der Waals surface area contributed by atoms with Crippen molar-refractivity contribution < 1.29 is 0 Å². The van der Waals surface area contributed by atoms with Crippen molar-refractivity contribution in [2.75, 3.05) is 7.05 Å². The minimum absolute atomic E-state index is 0.154. The maximum absolute atomic E-state index is 11.3. The quantitative estimate of drug-likeness (QED) is 0.725. The number of hydrogen-bond donors (Lipinski definition) is 2. The lowest BCUT2D eigenvalue weighted by molar-refractivity contribution is 0.489. The third-order valence-corrected chi connectivity index (χ3v) is 4.46. The largest absolute Gasteiger partial charge is 0.343 e. The highest BCUT2D eigenvalue weighted by Gasteiger charge is 2.21. The van der Waals surface area contributed by atoms with Crippen LogP contribution >= 0.6 is 11.8 Å². The van der Waals surface area contributed by atoms with Crippen LogP contribution < -0.4 is 11.0 Å². The Bertz CT molecular complexity index is 387. The molecule has 6 heteroatoms. The molecule has 5 nitrogen and oxygen atoms in total. The lowest BCUT2D eigenvalue weighted by atomic mass is 10.1. The second kappa shape index (κ2) is 6.86. The molecule has 1 aromatic heterocycles. The Labute approximate surface area is 106 Å². The number of nitrogens with zero attached hydrogens (tertiary/aromatic N) is 2. The molecule has 0 aliphatic heterocycles. The molecule has 1 rings (SSSR count). The highest BCUT2D eigenvalue weighted by molar-refractivity contribution is 7.99. The van der Waals surface area contributed by atoms with Crippen molar-refractivity contribution in [3.63, 3.8) is 0 Å². The minimum Gasteiger partial charge on any atom is -0.316 e. The molecule has 0 aromatic carbocycles. The van der Waals surface area contributed by atoms with E-state index >= 15 is 0 Å². The molecule has 0 fully saturated rings. The van der Waals surface area contributed by atoms with Crippen LogP contribution in [-0.4, -0.2) is 33.1 Å². The van der Waals surface area contributed by atoms with Gasteiger partial charge in [-0.05, 0) is 19.9 Å². The zero-order chi connectivity index (χ0) is 12.8. The smallest absolute Gasteiger partial charge is 0.316 e. The molecule has 2 atom stereocenters. The van der Waals surface area contributed by atoms with E-state index in [0.717, 1.165) is 24.4 Å². The second-order valence-corrected chi connectivity index (χ2v) is 5.33. The molecular weight excluding hydrogens is 236 g/mol. The van der Waals surface area contributed by atoms with Gasteiger partial charge in [-0.15, -0.1) is 5.10 Å². The van der Waals surface area contributed by atoms with E-state index in [4.69, 9.17) is 0 Å². The molecule has 98 valence electrons. The molecule has 0 spiro atoms. The highest BCUT2D eigenvalue weighted by Crippen LogP contribution is 2.26. The Balaban J connectivity index is 2.75. The first-order chi connectivity index (χ1) is 8.13. The van der Waals surface area contributed by atoms with E-state index in [1.165, 1.54) is 0 Å². The van der Waals surface area contributed by atoms with Gasteiger partial charge >= 0.3 is 5.69 Å². The van der Waals surface area contributed by atoms with Crippen molar-refractivity contribution in [1.82, 2.24) is 20.1 Å². The van der Waals surface area contributed by atoms with E-state index < -0.39 is 0 Å². The van der Waals surface area contributed by atoms with Gasteiger partial charge in [-0.3, -0.25) is 4.57 Å². The van der Waals surface area contributed by atoms with Gasteiger partial charge in [0.15, 0.2) is 5.16 Å². The summed E-state index contributed by atoms with van der Waals surface area (Å²) in [6, 6.07) is 0.460. The summed E-state index contributed by atoms with van der Waals surface area (Å²) in [5, 5.41) is 11.1. The van der Waals surface area contributed by atoms with Crippen LogP contribution in [0.25, 0.3) is 0 Å². The van der Waals surface area contributed by atoms with Crippen LogP contribution in [0.15, 0.2) is 9.95 Å². The first-order valence-electron chi connectivity index (χ1n) is 6.09. The summed E-state index contributed by atoms with van der Waals surface area (Å²) in [6.45, 7) is 4.36. The molecule has 0 bridgehead atoms. The Hall–Kier alpha value is -0.750. The summed E-state index contributed by atoms with van der Waals surface area (Å²) < 4.78 is 1.56. The van der Waals surface area contributed by atoms with Crippen molar-refractivity contribution in [1.29, 1.82) is 0 Å². The van der Waals surface area contributed by atoms with Gasteiger partial charge in [-0.1, -0.05) is 32.0 Å².